The number of rotatable bonds is 3. The van der Waals surface area contributed by atoms with Crippen LogP contribution in [-0.4, -0.2) is 24.3 Å². The van der Waals surface area contributed by atoms with Crippen molar-refractivity contribution in [3.05, 3.63) is 30.0 Å². The van der Waals surface area contributed by atoms with Gasteiger partial charge in [0.25, 0.3) is 0 Å². The van der Waals surface area contributed by atoms with Gasteiger partial charge in [-0.2, -0.15) is 0 Å². The predicted molar refractivity (Wildman–Crippen MR) is 84.6 cm³/mol. The lowest BCUT2D eigenvalue weighted by Crippen LogP contribution is -2.27. The average molecular weight is 286 g/mol. The van der Waals surface area contributed by atoms with Crippen LogP contribution in [0.5, 0.6) is 5.75 Å². The molecule has 1 saturated carbocycles. The fraction of sp³-hybridized carbons (Fsp3) is 0.471. The van der Waals surface area contributed by atoms with Crippen LogP contribution in [0.25, 0.3) is 10.9 Å². The minimum Gasteiger partial charge on any atom is -0.490 e. The summed E-state index contributed by atoms with van der Waals surface area (Å²) in [7, 11) is 1.78. The zero-order valence-electron chi connectivity index (χ0n) is 12.6. The van der Waals surface area contributed by atoms with E-state index in [0.717, 1.165) is 53.7 Å². The van der Waals surface area contributed by atoms with E-state index in [9.17, 15) is 0 Å². The van der Waals surface area contributed by atoms with Crippen molar-refractivity contribution >= 4 is 16.6 Å². The standard InChI is InChI=1S/C17H22N2O2/c1-11-10-14(18)17-15(19-11)4-3-5-16(17)21-13-8-6-12(20-2)7-9-13/h3-5,10,12-13H,6-9H2,1-2H3,(H2,18,19). The normalized spacial score (nSPS) is 22.4. The molecule has 4 heteroatoms. The highest BCUT2D eigenvalue weighted by atomic mass is 16.5. The maximum Gasteiger partial charge on any atom is 0.131 e. The van der Waals surface area contributed by atoms with E-state index in [1.165, 1.54) is 0 Å². The summed E-state index contributed by atoms with van der Waals surface area (Å²) in [5.74, 6) is 0.846. The number of ether oxygens (including phenoxy) is 2. The maximum absolute atomic E-state index is 6.21. The van der Waals surface area contributed by atoms with Gasteiger partial charge in [-0.3, -0.25) is 4.98 Å². The Morgan fingerprint density at radius 2 is 1.86 bits per heavy atom. The van der Waals surface area contributed by atoms with Crippen molar-refractivity contribution in [2.45, 2.75) is 44.8 Å². The summed E-state index contributed by atoms with van der Waals surface area (Å²) in [5.41, 5.74) is 8.73. The molecule has 21 heavy (non-hydrogen) atoms. The molecule has 4 nitrogen and oxygen atoms in total. The second-order valence-corrected chi connectivity index (χ2v) is 5.76. The molecule has 0 unspecified atom stereocenters. The molecule has 0 spiro atoms. The first-order chi connectivity index (χ1) is 10.2. The number of nitrogen functional groups attached to an aromatic ring is 1. The molecule has 0 aliphatic heterocycles. The minimum absolute atomic E-state index is 0.239. The maximum atomic E-state index is 6.21. The Morgan fingerprint density at radius 1 is 1.14 bits per heavy atom. The number of aromatic nitrogens is 1. The SMILES string of the molecule is COC1CCC(Oc2cccc3nc(C)cc(N)c23)CC1. The third-order valence-corrected chi connectivity index (χ3v) is 4.20. The second-order valence-electron chi connectivity index (χ2n) is 5.76. The Labute approximate surface area is 125 Å². The molecule has 1 aromatic carbocycles. The number of benzene rings is 1. The molecule has 1 aromatic heterocycles. The summed E-state index contributed by atoms with van der Waals surface area (Å²) < 4.78 is 11.6. The first-order valence-electron chi connectivity index (χ1n) is 7.52. The molecule has 2 N–H and O–H groups in total. The van der Waals surface area contributed by atoms with Gasteiger partial charge in [-0.05, 0) is 50.8 Å². The molecule has 2 aromatic rings. The molecule has 0 saturated heterocycles. The van der Waals surface area contributed by atoms with Gasteiger partial charge in [0.2, 0.25) is 0 Å². The number of hydrogen-bond acceptors (Lipinski definition) is 4. The van der Waals surface area contributed by atoms with Gasteiger partial charge < -0.3 is 15.2 Å². The van der Waals surface area contributed by atoms with Crippen molar-refractivity contribution < 1.29 is 9.47 Å². The Morgan fingerprint density at radius 3 is 2.57 bits per heavy atom. The van der Waals surface area contributed by atoms with E-state index in [4.69, 9.17) is 15.2 Å². The number of methoxy groups -OCH3 is 1. The molecule has 112 valence electrons. The van der Waals surface area contributed by atoms with Gasteiger partial charge >= 0.3 is 0 Å². The van der Waals surface area contributed by atoms with Gasteiger partial charge in [0.15, 0.2) is 0 Å². The average Bonchev–Trinajstić information content (AvgIpc) is 2.47. The topological polar surface area (TPSA) is 57.4 Å². The van der Waals surface area contributed by atoms with Gasteiger partial charge in [0, 0.05) is 18.5 Å². The predicted octanol–water partition coefficient (Wildman–Crippen LogP) is 3.46. The largest absolute Gasteiger partial charge is 0.490 e. The summed E-state index contributed by atoms with van der Waals surface area (Å²) in [6, 6.07) is 7.84. The third-order valence-electron chi connectivity index (χ3n) is 4.20. The first kappa shape index (κ1) is 14.1. The number of pyridine rings is 1. The number of hydrogen-bond donors (Lipinski definition) is 1. The third kappa shape index (κ3) is 2.95. The van der Waals surface area contributed by atoms with Crippen LogP contribution < -0.4 is 10.5 Å². The van der Waals surface area contributed by atoms with Gasteiger partial charge in [-0.25, -0.2) is 0 Å². The summed E-state index contributed by atoms with van der Waals surface area (Å²) >= 11 is 0. The highest BCUT2D eigenvalue weighted by Gasteiger charge is 2.23. The first-order valence-corrected chi connectivity index (χ1v) is 7.52. The molecule has 0 bridgehead atoms. The summed E-state index contributed by atoms with van der Waals surface area (Å²) in [4.78, 5) is 4.54. The van der Waals surface area contributed by atoms with Gasteiger partial charge in [0.1, 0.15) is 5.75 Å². The Balaban J connectivity index is 1.84. The summed E-state index contributed by atoms with van der Waals surface area (Å²) in [6.45, 7) is 1.95. The fourth-order valence-electron chi connectivity index (χ4n) is 3.09. The van der Waals surface area contributed by atoms with Crippen LogP contribution >= 0.6 is 0 Å². The van der Waals surface area contributed by atoms with Crippen molar-refractivity contribution in [2.24, 2.45) is 0 Å². The molecular weight excluding hydrogens is 264 g/mol. The van der Waals surface area contributed by atoms with Crippen molar-refractivity contribution in [2.75, 3.05) is 12.8 Å². The molecule has 1 aliphatic rings. The van der Waals surface area contributed by atoms with Crippen LogP contribution in [0.2, 0.25) is 0 Å². The van der Waals surface area contributed by atoms with Crippen LogP contribution in [0.4, 0.5) is 5.69 Å². The number of anilines is 1. The highest BCUT2D eigenvalue weighted by Crippen LogP contribution is 2.33. The lowest BCUT2D eigenvalue weighted by Gasteiger charge is -2.28. The Hall–Kier alpha value is -1.81. The smallest absolute Gasteiger partial charge is 0.131 e. The van der Waals surface area contributed by atoms with E-state index < -0.39 is 0 Å². The van der Waals surface area contributed by atoms with Crippen LogP contribution in [0.1, 0.15) is 31.4 Å². The zero-order valence-corrected chi connectivity index (χ0v) is 12.6. The van der Waals surface area contributed by atoms with Crippen molar-refractivity contribution in [3.8, 4) is 5.75 Å². The van der Waals surface area contributed by atoms with E-state index in [-0.39, 0.29) is 6.10 Å². The zero-order chi connectivity index (χ0) is 14.8. The lowest BCUT2D eigenvalue weighted by molar-refractivity contribution is 0.0332. The fourth-order valence-corrected chi connectivity index (χ4v) is 3.09. The highest BCUT2D eigenvalue weighted by molar-refractivity contribution is 5.95. The molecule has 1 fully saturated rings. The van der Waals surface area contributed by atoms with Crippen molar-refractivity contribution in [1.29, 1.82) is 0 Å². The summed E-state index contributed by atoms with van der Waals surface area (Å²) in [6.07, 6.45) is 4.77. The van der Waals surface area contributed by atoms with E-state index >= 15 is 0 Å². The second kappa shape index (κ2) is 5.90. The van der Waals surface area contributed by atoms with Crippen LogP contribution in [0.3, 0.4) is 0 Å². The van der Waals surface area contributed by atoms with Crippen LogP contribution in [0.15, 0.2) is 24.3 Å². The molecule has 1 heterocycles. The molecule has 0 amide bonds. The monoisotopic (exact) mass is 286 g/mol. The van der Waals surface area contributed by atoms with E-state index in [1.54, 1.807) is 7.11 Å². The Kier molecular flexibility index (Phi) is 3.97. The minimum atomic E-state index is 0.239. The molecular formula is C17H22N2O2. The number of fused-ring (bicyclic) bond motifs is 1. The van der Waals surface area contributed by atoms with Gasteiger partial charge in [-0.15, -0.1) is 0 Å². The molecule has 1 aliphatic carbocycles. The van der Waals surface area contributed by atoms with Crippen LogP contribution in [-0.2, 0) is 4.74 Å². The van der Waals surface area contributed by atoms with Crippen LogP contribution in [0, 0.1) is 6.92 Å². The number of nitrogens with two attached hydrogens (primary N) is 1. The molecule has 3 rings (SSSR count). The Bertz CT molecular complexity index is 634. The van der Waals surface area contributed by atoms with Crippen molar-refractivity contribution in [1.82, 2.24) is 4.98 Å². The molecule has 0 radical (unpaired) electrons. The van der Waals surface area contributed by atoms with E-state index in [1.807, 2.05) is 31.2 Å². The lowest BCUT2D eigenvalue weighted by atomic mass is 9.95. The van der Waals surface area contributed by atoms with Gasteiger partial charge in [-0.1, -0.05) is 6.07 Å². The summed E-state index contributed by atoms with van der Waals surface area (Å²) in [5, 5.41) is 0.928. The molecule has 0 atom stereocenters. The van der Waals surface area contributed by atoms with Gasteiger partial charge in [0.05, 0.1) is 23.1 Å². The van der Waals surface area contributed by atoms with E-state index in [0.29, 0.717) is 6.10 Å². The quantitative estimate of drug-likeness (QED) is 0.938. The number of nitrogens with zero attached hydrogens (tertiary/aromatic N) is 1. The number of aryl methyl sites for hydroxylation is 1. The van der Waals surface area contributed by atoms with E-state index in [2.05, 4.69) is 4.98 Å². The van der Waals surface area contributed by atoms with Crippen molar-refractivity contribution in [3.63, 3.8) is 0 Å².